The first-order chi connectivity index (χ1) is 16.9. The molecule has 0 saturated heterocycles. The second-order valence-electron chi connectivity index (χ2n) is 8.10. The van der Waals surface area contributed by atoms with Crippen molar-refractivity contribution in [3.63, 3.8) is 0 Å². The fourth-order valence-corrected chi connectivity index (χ4v) is 4.65. The lowest BCUT2D eigenvalue weighted by atomic mass is 9.98. The van der Waals surface area contributed by atoms with Crippen molar-refractivity contribution in [1.82, 2.24) is 14.7 Å². The molecule has 0 bridgehead atoms. The summed E-state index contributed by atoms with van der Waals surface area (Å²) in [4.78, 5) is 37.9. The fraction of sp³-hybridized carbons (Fsp3) is 0.280. The third-order valence-electron chi connectivity index (χ3n) is 5.85. The first-order valence-electron chi connectivity index (χ1n) is 11.0. The number of anilines is 1. The van der Waals surface area contributed by atoms with E-state index in [0.29, 0.717) is 5.75 Å². The van der Waals surface area contributed by atoms with Gasteiger partial charge in [-0.05, 0) is 28.5 Å². The summed E-state index contributed by atoms with van der Waals surface area (Å²) in [6, 6.07) is 17.5. The maximum absolute atomic E-state index is 12.9. The number of rotatable bonds is 9. The van der Waals surface area contributed by atoms with Crippen molar-refractivity contribution in [3.8, 4) is 11.1 Å². The molecular formula is C25H26N4O5S. The van der Waals surface area contributed by atoms with E-state index in [1.54, 1.807) is 7.05 Å². The molecule has 0 radical (unpaired) electrons. The number of hydrogen-bond acceptors (Lipinski definition) is 6. The number of benzene rings is 2. The molecule has 0 unspecified atom stereocenters. The summed E-state index contributed by atoms with van der Waals surface area (Å²) >= 11 is 1.51. The van der Waals surface area contributed by atoms with Crippen LogP contribution in [0.2, 0.25) is 0 Å². The van der Waals surface area contributed by atoms with Crippen molar-refractivity contribution in [1.29, 1.82) is 0 Å². The molecule has 2 amide bonds. The molecule has 1 heterocycles. The Hall–Kier alpha value is -3.79. The normalized spacial score (nSPS) is 12.1. The number of aliphatic carboxylic acids is 1. The van der Waals surface area contributed by atoms with E-state index < -0.39 is 24.5 Å². The molecule has 0 spiro atoms. The van der Waals surface area contributed by atoms with Crippen LogP contribution in [0.25, 0.3) is 11.1 Å². The average Bonchev–Trinajstić information content (AvgIpc) is 3.37. The minimum atomic E-state index is -1.10. The van der Waals surface area contributed by atoms with Crippen LogP contribution in [0.4, 0.5) is 10.6 Å². The summed E-state index contributed by atoms with van der Waals surface area (Å²) in [7, 11) is 1.56. The summed E-state index contributed by atoms with van der Waals surface area (Å²) in [5, 5.41) is 15.9. The average molecular weight is 495 g/mol. The van der Waals surface area contributed by atoms with Crippen molar-refractivity contribution >= 4 is 35.5 Å². The number of amides is 2. The van der Waals surface area contributed by atoms with Crippen LogP contribution in [0.3, 0.4) is 0 Å². The highest BCUT2D eigenvalue weighted by Gasteiger charge is 2.29. The van der Waals surface area contributed by atoms with Gasteiger partial charge in [-0.25, -0.2) is 4.79 Å². The monoisotopic (exact) mass is 494 g/mol. The Balaban J connectivity index is 1.42. The number of thioether (sulfide) groups is 1. The van der Waals surface area contributed by atoms with Gasteiger partial charge in [0.1, 0.15) is 18.8 Å². The number of carbonyl (C=O) groups is 3. The van der Waals surface area contributed by atoms with Crippen LogP contribution in [0, 0.1) is 0 Å². The van der Waals surface area contributed by atoms with Crippen LogP contribution < -0.4 is 5.32 Å². The van der Waals surface area contributed by atoms with Gasteiger partial charge in [0.2, 0.25) is 0 Å². The van der Waals surface area contributed by atoms with Crippen LogP contribution >= 0.6 is 11.8 Å². The largest absolute Gasteiger partial charge is 0.480 e. The van der Waals surface area contributed by atoms with Gasteiger partial charge in [-0.15, -0.1) is 0 Å². The number of carbonyl (C=O) groups excluding carboxylic acids is 2. The predicted octanol–water partition coefficient (Wildman–Crippen LogP) is 3.67. The number of fused-ring (bicyclic) bond motifs is 3. The van der Waals surface area contributed by atoms with Gasteiger partial charge in [0.15, 0.2) is 5.82 Å². The second kappa shape index (κ2) is 10.6. The number of nitrogens with zero attached hydrogens (tertiary/aromatic N) is 3. The lowest BCUT2D eigenvalue weighted by Gasteiger charge is -2.19. The molecule has 0 fully saturated rings. The van der Waals surface area contributed by atoms with E-state index >= 15 is 0 Å². The zero-order chi connectivity index (χ0) is 24.9. The minimum absolute atomic E-state index is 0.0740. The Morgan fingerprint density at radius 3 is 2.34 bits per heavy atom. The summed E-state index contributed by atoms with van der Waals surface area (Å²) in [6.07, 6.45) is 1.19. The lowest BCUT2D eigenvalue weighted by Crippen LogP contribution is -2.38. The van der Waals surface area contributed by atoms with Crippen LogP contribution in [0.1, 0.15) is 27.5 Å². The number of ether oxygens (including phenoxy) is 1. The molecule has 1 aromatic heterocycles. The number of aryl methyl sites for hydroxylation is 1. The van der Waals surface area contributed by atoms with E-state index in [1.807, 2.05) is 42.7 Å². The van der Waals surface area contributed by atoms with Crippen LogP contribution in [-0.4, -0.2) is 69.5 Å². The number of carboxylic acid groups (broad SMARTS) is 1. The highest BCUT2D eigenvalue weighted by molar-refractivity contribution is 7.98. The molecule has 1 aliphatic rings. The maximum Gasteiger partial charge on any atom is 0.412 e. The van der Waals surface area contributed by atoms with Gasteiger partial charge in [-0.1, -0.05) is 48.5 Å². The molecule has 10 heteroatoms. The van der Waals surface area contributed by atoms with Crippen LogP contribution in [0.15, 0.2) is 54.6 Å². The molecule has 182 valence electrons. The molecule has 4 rings (SSSR count). The smallest absolute Gasteiger partial charge is 0.412 e. The van der Waals surface area contributed by atoms with Gasteiger partial charge >= 0.3 is 12.1 Å². The summed E-state index contributed by atoms with van der Waals surface area (Å²) < 4.78 is 6.85. The van der Waals surface area contributed by atoms with E-state index in [1.165, 1.54) is 27.4 Å². The van der Waals surface area contributed by atoms with Gasteiger partial charge in [-0.2, -0.15) is 16.9 Å². The van der Waals surface area contributed by atoms with Crippen molar-refractivity contribution in [3.05, 3.63) is 71.4 Å². The second-order valence-corrected chi connectivity index (χ2v) is 9.09. The Morgan fingerprint density at radius 2 is 1.74 bits per heavy atom. The third-order valence-corrected chi connectivity index (χ3v) is 6.44. The molecule has 0 atom stereocenters. The molecule has 35 heavy (non-hydrogen) atoms. The van der Waals surface area contributed by atoms with Crippen molar-refractivity contribution < 1.29 is 24.2 Å². The SMILES string of the molecule is CSCCN(CC(=O)O)C(=O)c1cc(NC(=O)OCC2c3ccccc3-c3ccccc32)nn1C. The van der Waals surface area contributed by atoms with Crippen LogP contribution in [-0.2, 0) is 16.6 Å². The Kier molecular flexibility index (Phi) is 7.40. The highest BCUT2D eigenvalue weighted by Crippen LogP contribution is 2.44. The topological polar surface area (TPSA) is 114 Å². The zero-order valence-electron chi connectivity index (χ0n) is 19.4. The molecule has 3 aromatic rings. The minimum Gasteiger partial charge on any atom is -0.480 e. The van der Waals surface area contributed by atoms with Gasteiger partial charge in [-0.3, -0.25) is 19.6 Å². The maximum atomic E-state index is 12.9. The quantitative estimate of drug-likeness (QED) is 0.467. The summed E-state index contributed by atoms with van der Waals surface area (Å²) in [6.45, 7) is 0.0197. The van der Waals surface area contributed by atoms with Crippen molar-refractivity contribution in [2.75, 3.05) is 37.0 Å². The molecule has 1 aliphatic carbocycles. The molecule has 0 saturated carbocycles. The number of hydrogen-bond donors (Lipinski definition) is 2. The Bertz CT molecular complexity index is 1210. The molecule has 2 N–H and O–H groups in total. The van der Waals surface area contributed by atoms with E-state index in [4.69, 9.17) is 9.84 Å². The highest BCUT2D eigenvalue weighted by atomic mass is 32.2. The van der Waals surface area contributed by atoms with Gasteiger partial charge in [0, 0.05) is 31.3 Å². The number of nitrogens with one attached hydrogen (secondary N) is 1. The Labute approximate surface area is 207 Å². The number of carboxylic acids is 1. The molecule has 0 aliphatic heterocycles. The van der Waals surface area contributed by atoms with Crippen molar-refractivity contribution in [2.45, 2.75) is 5.92 Å². The predicted molar refractivity (Wildman–Crippen MR) is 134 cm³/mol. The van der Waals surface area contributed by atoms with E-state index in [0.717, 1.165) is 22.3 Å². The summed E-state index contributed by atoms with van der Waals surface area (Å²) in [5.41, 5.74) is 4.66. The fourth-order valence-electron chi connectivity index (χ4n) is 4.25. The van der Waals surface area contributed by atoms with Gasteiger partial charge < -0.3 is 14.7 Å². The lowest BCUT2D eigenvalue weighted by molar-refractivity contribution is -0.137. The number of aromatic nitrogens is 2. The third kappa shape index (κ3) is 5.32. The van der Waals surface area contributed by atoms with E-state index in [-0.39, 0.29) is 30.6 Å². The van der Waals surface area contributed by atoms with E-state index in [2.05, 4.69) is 22.5 Å². The standard InChI is InChI=1S/C25H26N4O5S/c1-28-21(24(32)29(11-12-35-2)14-23(30)31)13-22(27-28)26-25(33)34-15-20-18-9-5-3-7-16(18)17-8-4-6-10-19(17)20/h3-10,13,20H,11-12,14-15H2,1-2H3,(H,30,31)(H,26,27,33). The zero-order valence-corrected chi connectivity index (χ0v) is 20.2. The van der Waals surface area contributed by atoms with Crippen LogP contribution in [0.5, 0.6) is 0 Å². The Morgan fingerprint density at radius 1 is 1.11 bits per heavy atom. The van der Waals surface area contributed by atoms with E-state index in [9.17, 15) is 14.4 Å². The molecule has 9 nitrogen and oxygen atoms in total. The van der Waals surface area contributed by atoms with Crippen molar-refractivity contribution in [2.24, 2.45) is 7.05 Å². The van der Waals surface area contributed by atoms with Gasteiger partial charge in [0.05, 0.1) is 0 Å². The first-order valence-corrected chi connectivity index (χ1v) is 12.4. The molecule has 2 aromatic carbocycles. The molecular weight excluding hydrogens is 468 g/mol. The summed E-state index contributed by atoms with van der Waals surface area (Å²) in [5.74, 6) is -0.902. The first kappa shape index (κ1) is 24.3. The van der Waals surface area contributed by atoms with Gasteiger partial charge in [0.25, 0.3) is 5.91 Å².